The summed E-state index contributed by atoms with van der Waals surface area (Å²) in [7, 11) is 0. The second kappa shape index (κ2) is 9.92. The van der Waals surface area contributed by atoms with Crippen molar-refractivity contribution in [3.63, 3.8) is 0 Å². The van der Waals surface area contributed by atoms with Gasteiger partial charge in [-0.05, 0) is 35.4 Å². The molecule has 28 heavy (non-hydrogen) atoms. The predicted molar refractivity (Wildman–Crippen MR) is 108 cm³/mol. The third-order valence-corrected chi connectivity index (χ3v) is 4.11. The number of carbonyl (C=O) groups excluding carboxylic acids is 2. The summed E-state index contributed by atoms with van der Waals surface area (Å²) in [6.07, 6.45) is 0. The first-order valence-electron chi connectivity index (χ1n) is 9.06. The molecule has 0 aromatic heterocycles. The van der Waals surface area contributed by atoms with E-state index in [9.17, 15) is 9.59 Å². The van der Waals surface area contributed by atoms with E-state index in [-0.39, 0.29) is 18.4 Å². The van der Waals surface area contributed by atoms with Crippen molar-refractivity contribution in [3.8, 4) is 5.75 Å². The Bertz CT molecular complexity index is 894. The molecule has 3 rings (SSSR count). The molecule has 0 saturated heterocycles. The molecule has 0 aliphatic heterocycles. The van der Waals surface area contributed by atoms with Crippen molar-refractivity contribution >= 4 is 11.8 Å². The molecular weight excluding hydrogens is 352 g/mol. The zero-order valence-corrected chi connectivity index (χ0v) is 15.4. The maximum atomic E-state index is 12.2. The van der Waals surface area contributed by atoms with Crippen LogP contribution in [0, 0.1) is 0 Å². The van der Waals surface area contributed by atoms with Gasteiger partial charge in [-0.15, -0.1) is 0 Å². The fraction of sp³-hybridized carbons (Fsp3) is 0.130. The van der Waals surface area contributed by atoms with Crippen molar-refractivity contribution in [3.05, 3.63) is 102 Å². The van der Waals surface area contributed by atoms with Crippen molar-refractivity contribution < 1.29 is 14.3 Å². The van der Waals surface area contributed by atoms with Gasteiger partial charge in [0.05, 0.1) is 0 Å². The predicted octanol–water partition coefficient (Wildman–Crippen LogP) is 3.31. The molecule has 0 atom stereocenters. The summed E-state index contributed by atoms with van der Waals surface area (Å²) < 4.78 is 5.48. The first-order valence-corrected chi connectivity index (χ1v) is 9.06. The van der Waals surface area contributed by atoms with E-state index in [1.165, 1.54) is 0 Å². The van der Waals surface area contributed by atoms with Crippen LogP contribution in [-0.4, -0.2) is 18.4 Å². The Morgan fingerprint density at radius 2 is 1.21 bits per heavy atom. The van der Waals surface area contributed by atoms with Crippen molar-refractivity contribution in [2.24, 2.45) is 0 Å². The molecule has 2 amide bonds. The van der Waals surface area contributed by atoms with E-state index in [0.29, 0.717) is 24.4 Å². The third-order valence-electron chi connectivity index (χ3n) is 4.11. The van der Waals surface area contributed by atoms with Crippen LogP contribution in [0.2, 0.25) is 0 Å². The van der Waals surface area contributed by atoms with Crippen LogP contribution in [0.1, 0.15) is 21.5 Å². The largest absolute Gasteiger partial charge is 0.484 e. The Balaban J connectivity index is 1.42. The quantitative estimate of drug-likeness (QED) is 0.636. The highest BCUT2D eigenvalue weighted by Crippen LogP contribution is 2.12. The van der Waals surface area contributed by atoms with Gasteiger partial charge in [-0.25, -0.2) is 0 Å². The second-order valence-electron chi connectivity index (χ2n) is 6.24. The average molecular weight is 374 g/mol. The van der Waals surface area contributed by atoms with Gasteiger partial charge in [-0.3, -0.25) is 9.59 Å². The van der Waals surface area contributed by atoms with Crippen LogP contribution >= 0.6 is 0 Å². The fourth-order valence-electron chi connectivity index (χ4n) is 2.58. The number of ether oxygens (including phenoxy) is 1. The van der Waals surface area contributed by atoms with Crippen LogP contribution in [0.15, 0.2) is 84.9 Å². The number of benzene rings is 3. The lowest BCUT2D eigenvalue weighted by molar-refractivity contribution is -0.123. The van der Waals surface area contributed by atoms with Crippen molar-refractivity contribution in [2.45, 2.75) is 13.1 Å². The van der Waals surface area contributed by atoms with Gasteiger partial charge in [0.1, 0.15) is 5.75 Å². The molecule has 0 unspecified atom stereocenters. The molecule has 0 heterocycles. The summed E-state index contributed by atoms with van der Waals surface area (Å²) in [5.41, 5.74) is 2.61. The molecule has 2 N–H and O–H groups in total. The molecule has 0 radical (unpaired) electrons. The number of carbonyl (C=O) groups is 2. The molecule has 142 valence electrons. The van der Waals surface area contributed by atoms with Gasteiger partial charge in [-0.1, -0.05) is 60.7 Å². The van der Waals surface area contributed by atoms with E-state index in [1.54, 1.807) is 24.3 Å². The summed E-state index contributed by atoms with van der Waals surface area (Å²) in [5.74, 6) is 0.180. The molecule has 5 nitrogen and oxygen atoms in total. The van der Waals surface area contributed by atoms with Gasteiger partial charge < -0.3 is 15.4 Å². The van der Waals surface area contributed by atoms with Crippen LogP contribution < -0.4 is 15.4 Å². The van der Waals surface area contributed by atoms with E-state index >= 15 is 0 Å². The van der Waals surface area contributed by atoms with Crippen LogP contribution in [0.5, 0.6) is 5.75 Å². The highest BCUT2D eigenvalue weighted by molar-refractivity contribution is 5.94. The highest BCUT2D eigenvalue weighted by Gasteiger charge is 2.07. The topological polar surface area (TPSA) is 67.4 Å². The number of amides is 2. The molecule has 0 bridgehead atoms. The van der Waals surface area contributed by atoms with Crippen molar-refractivity contribution in [2.75, 3.05) is 6.61 Å². The Morgan fingerprint density at radius 1 is 0.679 bits per heavy atom. The Kier molecular flexibility index (Phi) is 6.79. The number of nitrogens with one attached hydrogen (secondary N) is 2. The van der Waals surface area contributed by atoms with Gasteiger partial charge in [0.2, 0.25) is 0 Å². The number of hydrogen-bond donors (Lipinski definition) is 2. The first-order chi connectivity index (χ1) is 13.7. The average Bonchev–Trinajstić information content (AvgIpc) is 2.76. The normalized spacial score (nSPS) is 10.1. The van der Waals surface area contributed by atoms with Crippen molar-refractivity contribution in [1.29, 1.82) is 0 Å². The minimum Gasteiger partial charge on any atom is -0.484 e. The zero-order chi connectivity index (χ0) is 19.6. The molecule has 0 fully saturated rings. The highest BCUT2D eigenvalue weighted by atomic mass is 16.5. The van der Waals surface area contributed by atoms with E-state index < -0.39 is 0 Å². The van der Waals surface area contributed by atoms with Crippen LogP contribution in [0.3, 0.4) is 0 Å². The first kappa shape index (κ1) is 19.2. The summed E-state index contributed by atoms with van der Waals surface area (Å²) in [4.78, 5) is 24.1. The van der Waals surface area contributed by atoms with E-state index in [4.69, 9.17) is 4.74 Å². The number of hydrogen-bond acceptors (Lipinski definition) is 3. The van der Waals surface area contributed by atoms with Gasteiger partial charge in [0, 0.05) is 18.7 Å². The molecule has 0 saturated carbocycles. The summed E-state index contributed by atoms with van der Waals surface area (Å²) in [6, 6.07) is 26.1. The molecule has 3 aromatic rings. The Hall–Kier alpha value is -3.60. The Labute approximate surface area is 164 Å². The van der Waals surface area contributed by atoms with E-state index in [2.05, 4.69) is 10.6 Å². The molecule has 3 aromatic carbocycles. The van der Waals surface area contributed by atoms with Gasteiger partial charge in [-0.2, -0.15) is 0 Å². The molecule has 0 spiro atoms. The lowest BCUT2D eigenvalue weighted by atomic mass is 10.2. The third kappa shape index (κ3) is 5.99. The summed E-state index contributed by atoms with van der Waals surface area (Å²) in [6.45, 7) is 0.857. The number of rotatable bonds is 8. The lowest BCUT2D eigenvalue weighted by Crippen LogP contribution is -2.28. The lowest BCUT2D eigenvalue weighted by Gasteiger charge is -2.09. The zero-order valence-electron chi connectivity index (χ0n) is 15.4. The van der Waals surface area contributed by atoms with Crippen LogP contribution in [0.25, 0.3) is 0 Å². The molecule has 5 heteroatoms. The van der Waals surface area contributed by atoms with Crippen LogP contribution in [-0.2, 0) is 17.9 Å². The second-order valence-corrected chi connectivity index (χ2v) is 6.24. The van der Waals surface area contributed by atoms with Gasteiger partial charge in [0.25, 0.3) is 11.8 Å². The molecule has 0 aliphatic rings. The summed E-state index contributed by atoms with van der Waals surface area (Å²) in [5, 5.41) is 5.68. The van der Waals surface area contributed by atoms with Gasteiger partial charge in [0.15, 0.2) is 6.61 Å². The minimum absolute atomic E-state index is 0.0770. The smallest absolute Gasteiger partial charge is 0.258 e. The standard InChI is InChI=1S/C23H22N2O3/c26-22(24-15-18-7-3-1-4-8-18)17-28-21-13-11-20(12-14-21)23(27)25-16-19-9-5-2-6-10-19/h1-14H,15-17H2,(H,24,26)(H,25,27). The molecule has 0 aliphatic carbocycles. The fourth-order valence-corrected chi connectivity index (χ4v) is 2.58. The summed E-state index contributed by atoms with van der Waals surface area (Å²) >= 11 is 0. The van der Waals surface area contributed by atoms with E-state index in [0.717, 1.165) is 11.1 Å². The maximum absolute atomic E-state index is 12.2. The monoisotopic (exact) mass is 374 g/mol. The SMILES string of the molecule is O=C(COc1ccc(C(=O)NCc2ccccc2)cc1)NCc1ccccc1. The van der Waals surface area contributed by atoms with Crippen LogP contribution in [0.4, 0.5) is 0 Å². The maximum Gasteiger partial charge on any atom is 0.258 e. The van der Waals surface area contributed by atoms with Gasteiger partial charge >= 0.3 is 0 Å². The molecular formula is C23H22N2O3. The minimum atomic E-state index is -0.200. The Morgan fingerprint density at radius 3 is 1.79 bits per heavy atom. The van der Waals surface area contributed by atoms with Crippen molar-refractivity contribution in [1.82, 2.24) is 10.6 Å². The van der Waals surface area contributed by atoms with E-state index in [1.807, 2.05) is 60.7 Å².